The monoisotopic (exact) mass is 311 g/mol. The summed E-state index contributed by atoms with van der Waals surface area (Å²) in [6.45, 7) is 0. The standard InChI is InChI=1S/C12H10FN3O4S/c13-8-5-9(7-10(6-8)16(17)18)15-21(19,20)12-4-2-1-3-11(12)14/h1-7,15H,14H2. The van der Waals surface area contributed by atoms with Gasteiger partial charge in [0.2, 0.25) is 0 Å². The van der Waals surface area contributed by atoms with Crippen molar-refractivity contribution < 1.29 is 17.7 Å². The number of sulfonamides is 1. The molecule has 2 aromatic rings. The number of hydrogen-bond donors (Lipinski definition) is 2. The first-order valence-corrected chi connectivity index (χ1v) is 7.10. The number of nitro groups is 1. The highest BCUT2D eigenvalue weighted by Crippen LogP contribution is 2.24. The second kappa shape index (κ2) is 5.37. The van der Waals surface area contributed by atoms with Crippen molar-refractivity contribution in [1.82, 2.24) is 0 Å². The number of hydrogen-bond acceptors (Lipinski definition) is 5. The van der Waals surface area contributed by atoms with E-state index >= 15 is 0 Å². The van der Waals surface area contributed by atoms with Crippen LogP contribution >= 0.6 is 0 Å². The van der Waals surface area contributed by atoms with Gasteiger partial charge in [-0.3, -0.25) is 14.8 Å². The number of non-ortho nitro benzene ring substituents is 1. The first-order chi connectivity index (χ1) is 9.79. The lowest BCUT2D eigenvalue weighted by Crippen LogP contribution is -2.15. The molecule has 2 aromatic carbocycles. The van der Waals surface area contributed by atoms with Crippen molar-refractivity contribution in [3.63, 3.8) is 0 Å². The minimum Gasteiger partial charge on any atom is -0.398 e. The fourth-order valence-electron chi connectivity index (χ4n) is 1.67. The average molecular weight is 311 g/mol. The van der Waals surface area contributed by atoms with Gasteiger partial charge < -0.3 is 5.73 Å². The van der Waals surface area contributed by atoms with Crippen molar-refractivity contribution in [3.05, 3.63) is 58.4 Å². The Morgan fingerprint density at radius 3 is 2.48 bits per heavy atom. The quantitative estimate of drug-likeness (QED) is 0.510. The minimum atomic E-state index is -4.07. The number of para-hydroxylation sites is 1. The lowest BCUT2D eigenvalue weighted by atomic mass is 10.3. The molecule has 0 unspecified atom stereocenters. The van der Waals surface area contributed by atoms with Crippen LogP contribution in [0.1, 0.15) is 0 Å². The average Bonchev–Trinajstić information content (AvgIpc) is 2.37. The number of nitrogens with two attached hydrogens (primary N) is 1. The fraction of sp³-hybridized carbons (Fsp3) is 0. The van der Waals surface area contributed by atoms with Gasteiger partial charge in [0.15, 0.2) is 0 Å². The van der Waals surface area contributed by atoms with Gasteiger partial charge in [-0.25, -0.2) is 12.8 Å². The molecule has 0 bridgehead atoms. The van der Waals surface area contributed by atoms with Gasteiger partial charge in [0.05, 0.1) is 22.4 Å². The number of nitrogens with one attached hydrogen (secondary N) is 1. The first-order valence-electron chi connectivity index (χ1n) is 5.62. The third kappa shape index (κ3) is 3.26. The number of benzene rings is 2. The highest BCUT2D eigenvalue weighted by Gasteiger charge is 2.19. The van der Waals surface area contributed by atoms with Gasteiger partial charge in [-0.1, -0.05) is 12.1 Å². The number of halogens is 1. The van der Waals surface area contributed by atoms with Crippen LogP contribution in [0.5, 0.6) is 0 Å². The maximum atomic E-state index is 13.3. The fourth-order valence-corrected chi connectivity index (χ4v) is 2.85. The van der Waals surface area contributed by atoms with E-state index in [1.165, 1.54) is 18.2 Å². The molecule has 0 aliphatic heterocycles. The second-order valence-electron chi connectivity index (χ2n) is 4.10. The van der Waals surface area contributed by atoms with Crippen LogP contribution in [-0.2, 0) is 10.0 Å². The molecule has 0 radical (unpaired) electrons. The number of rotatable bonds is 4. The van der Waals surface area contributed by atoms with E-state index in [0.717, 1.165) is 12.1 Å². The molecule has 0 atom stereocenters. The Morgan fingerprint density at radius 1 is 1.19 bits per heavy atom. The molecule has 9 heteroatoms. The number of anilines is 2. The third-order valence-corrected chi connectivity index (χ3v) is 4.01. The minimum absolute atomic E-state index is 0.0101. The molecule has 0 saturated carbocycles. The smallest absolute Gasteiger partial charge is 0.274 e. The lowest BCUT2D eigenvalue weighted by molar-refractivity contribution is -0.385. The Kier molecular flexibility index (Phi) is 3.76. The van der Waals surface area contributed by atoms with Crippen LogP contribution in [0, 0.1) is 15.9 Å². The Hall–Kier alpha value is -2.68. The maximum Gasteiger partial charge on any atom is 0.274 e. The van der Waals surface area contributed by atoms with Gasteiger partial charge in [0, 0.05) is 6.07 Å². The molecule has 2 rings (SSSR count). The van der Waals surface area contributed by atoms with E-state index in [4.69, 9.17) is 5.73 Å². The van der Waals surface area contributed by atoms with Crippen molar-refractivity contribution >= 4 is 27.1 Å². The normalized spacial score (nSPS) is 11.1. The maximum absolute atomic E-state index is 13.3. The van der Waals surface area contributed by atoms with E-state index in [9.17, 15) is 22.9 Å². The molecule has 0 fully saturated rings. The number of nitrogen functional groups attached to an aromatic ring is 1. The molecule has 0 aliphatic carbocycles. The van der Waals surface area contributed by atoms with Crippen molar-refractivity contribution in [1.29, 1.82) is 0 Å². The SMILES string of the molecule is Nc1ccccc1S(=O)(=O)Nc1cc(F)cc([N+](=O)[O-])c1. The summed E-state index contributed by atoms with van der Waals surface area (Å²) >= 11 is 0. The molecule has 0 saturated heterocycles. The van der Waals surface area contributed by atoms with Crippen molar-refractivity contribution in [3.8, 4) is 0 Å². The van der Waals surface area contributed by atoms with Crippen LogP contribution in [0.3, 0.4) is 0 Å². The van der Waals surface area contributed by atoms with E-state index in [0.29, 0.717) is 6.07 Å². The molecule has 0 heterocycles. The summed E-state index contributed by atoms with van der Waals surface area (Å²) in [5.74, 6) is -0.928. The summed E-state index contributed by atoms with van der Waals surface area (Å²) in [6, 6.07) is 8.13. The zero-order valence-electron chi connectivity index (χ0n) is 10.5. The molecule has 0 aliphatic rings. The largest absolute Gasteiger partial charge is 0.398 e. The van der Waals surface area contributed by atoms with Crippen LogP contribution < -0.4 is 10.5 Å². The Balaban J connectivity index is 2.42. The first kappa shape index (κ1) is 14.7. The van der Waals surface area contributed by atoms with E-state index in [2.05, 4.69) is 4.72 Å². The summed E-state index contributed by atoms with van der Waals surface area (Å²) in [5.41, 5.74) is 4.76. The molecular formula is C12H10FN3O4S. The molecule has 0 spiro atoms. The molecule has 0 aromatic heterocycles. The van der Waals surface area contributed by atoms with E-state index in [1.807, 2.05) is 0 Å². The van der Waals surface area contributed by atoms with Crippen LogP contribution in [0.15, 0.2) is 47.4 Å². The van der Waals surface area contributed by atoms with E-state index in [1.54, 1.807) is 6.07 Å². The summed E-state index contributed by atoms with van der Waals surface area (Å²) in [4.78, 5) is 9.62. The third-order valence-electron chi connectivity index (χ3n) is 2.55. The Labute approximate surface area is 119 Å². The summed E-state index contributed by atoms with van der Waals surface area (Å²) in [6.07, 6.45) is 0. The van der Waals surface area contributed by atoms with Crippen LogP contribution in [-0.4, -0.2) is 13.3 Å². The van der Waals surface area contributed by atoms with E-state index in [-0.39, 0.29) is 16.3 Å². The Bertz CT molecular complexity index is 808. The summed E-state index contributed by atoms with van der Waals surface area (Å²) < 4.78 is 39.6. The van der Waals surface area contributed by atoms with Gasteiger partial charge in [0.25, 0.3) is 15.7 Å². The van der Waals surface area contributed by atoms with Crippen LogP contribution in [0.25, 0.3) is 0 Å². The molecule has 21 heavy (non-hydrogen) atoms. The zero-order valence-corrected chi connectivity index (χ0v) is 11.3. The molecule has 110 valence electrons. The highest BCUT2D eigenvalue weighted by atomic mass is 32.2. The van der Waals surface area contributed by atoms with Gasteiger partial charge in [0.1, 0.15) is 10.7 Å². The van der Waals surface area contributed by atoms with Crippen molar-refractivity contribution in [2.24, 2.45) is 0 Å². The molecular weight excluding hydrogens is 301 g/mol. The van der Waals surface area contributed by atoms with Crippen molar-refractivity contribution in [2.75, 3.05) is 10.5 Å². The number of nitro benzene ring substituents is 1. The van der Waals surface area contributed by atoms with Crippen molar-refractivity contribution in [2.45, 2.75) is 4.90 Å². The molecule has 3 N–H and O–H groups in total. The molecule has 7 nitrogen and oxygen atoms in total. The molecule has 0 amide bonds. The van der Waals surface area contributed by atoms with Crippen LogP contribution in [0.4, 0.5) is 21.5 Å². The Morgan fingerprint density at radius 2 is 1.86 bits per heavy atom. The highest BCUT2D eigenvalue weighted by molar-refractivity contribution is 7.92. The van der Waals surface area contributed by atoms with Gasteiger partial charge >= 0.3 is 0 Å². The summed E-state index contributed by atoms with van der Waals surface area (Å²) in [7, 11) is -4.07. The van der Waals surface area contributed by atoms with Gasteiger partial charge in [-0.05, 0) is 18.2 Å². The second-order valence-corrected chi connectivity index (χ2v) is 5.75. The van der Waals surface area contributed by atoms with Gasteiger partial charge in [-0.2, -0.15) is 0 Å². The zero-order chi connectivity index (χ0) is 15.6. The predicted octanol–water partition coefficient (Wildman–Crippen LogP) is 2.12. The topological polar surface area (TPSA) is 115 Å². The van der Waals surface area contributed by atoms with Crippen LogP contribution in [0.2, 0.25) is 0 Å². The lowest BCUT2D eigenvalue weighted by Gasteiger charge is -2.10. The number of nitrogens with zero attached hydrogens (tertiary/aromatic N) is 1. The summed E-state index contributed by atoms with van der Waals surface area (Å²) in [5, 5.41) is 10.6. The van der Waals surface area contributed by atoms with Gasteiger partial charge in [-0.15, -0.1) is 0 Å². The van der Waals surface area contributed by atoms with E-state index < -0.39 is 26.5 Å². The predicted molar refractivity (Wildman–Crippen MR) is 74.7 cm³/mol.